The topological polar surface area (TPSA) is 84.2 Å². The minimum absolute atomic E-state index is 0.0440. The molecule has 1 saturated carbocycles. The molecule has 0 bridgehead atoms. The van der Waals surface area contributed by atoms with Gasteiger partial charge in [0.2, 0.25) is 0 Å². The van der Waals surface area contributed by atoms with Crippen LogP contribution < -0.4 is 0 Å². The highest BCUT2D eigenvalue weighted by Gasteiger charge is 2.55. The molecule has 0 aromatic rings. The van der Waals surface area contributed by atoms with Crippen LogP contribution in [0.2, 0.25) is 0 Å². The van der Waals surface area contributed by atoms with E-state index in [-0.39, 0.29) is 18.9 Å². The van der Waals surface area contributed by atoms with Gasteiger partial charge in [-0.05, 0) is 25.7 Å². The molecule has 3 atom stereocenters. The molecule has 0 heterocycles. The number of hydrogen-bond acceptors (Lipinski definition) is 5. The first-order valence-electron chi connectivity index (χ1n) is 5.56. The van der Waals surface area contributed by atoms with E-state index in [1.54, 1.807) is 13.8 Å². The van der Waals surface area contributed by atoms with E-state index in [2.05, 4.69) is 0 Å². The summed E-state index contributed by atoms with van der Waals surface area (Å²) in [5.74, 6) is -1.24. The molecule has 0 saturated heterocycles. The van der Waals surface area contributed by atoms with Crippen LogP contribution in [0.15, 0.2) is 0 Å². The van der Waals surface area contributed by atoms with Crippen molar-refractivity contribution >= 4 is 15.8 Å². The van der Waals surface area contributed by atoms with Crippen molar-refractivity contribution in [2.75, 3.05) is 12.9 Å². The minimum atomic E-state index is -3.51. The van der Waals surface area contributed by atoms with Crippen molar-refractivity contribution in [3.8, 4) is 6.07 Å². The lowest BCUT2D eigenvalue weighted by Gasteiger charge is -2.23. The fourth-order valence-electron chi connectivity index (χ4n) is 2.46. The maximum absolute atomic E-state index is 11.7. The van der Waals surface area contributed by atoms with Crippen LogP contribution in [0.4, 0.5) is 0 Å². The second kappa shape index (κ2) is 4.65. The van der Waals surface area contributed by atoms with E-state index in [9.17, 15) is 18.5 Å². The zero-order chi connectivity index (χ0) is 13.3. The highest BCUT2D eigenvalue weighted by atomic mass is 32.2. The fraction of sp³-hybridized carbons (Fsp3) is 0.818. The number of hydrogen-bond donors (Lipinski definition) is 0. The lowest BCUT2D eigenvalue weighted by molar-refractivity contribution is -0.147. The molecule has 5 nitrogen and oxygen atoms in total. The molecule has 1 aliphatic carbocycles. The van der Waals surface area contributed by atoms with Crippen molar-refractivity contribution in [1.82, 2.24) is 0 Å². The van der Waals surface area contributed by atoms with Crippen molar-refractivity contribution in [3.63, 3.8) is 0 Å². The largest absolute Gasteiger partial charge is 0.466 e. The third-order valence-electron chi connectivity index (χ3n) is 3.45. The number of nitriles is 1. The fourth-order valence-corrected chi connectivity index (χ4v) is 3.96. The zero-order valence-corrected chi connectivity index (χ0v) is 11.1. The Morgan fingerprint density at radius 1 is 1.59 bits per heavy atom. The van der Waals surface area contributed by atoms with E-state index in [1.807, 2.05) is 6.07 Å². The van der Waals surface area contributed by atoms with Crippen LogP contribution in [0.1, 0.15) is 26.7 Å². The van der Waals surface area contributed by atoms with Gasteiger partial charge >= 0.3 is 5.97 Å². The molecule has 0 amide bonds. The number of esters is 1. The Hall–Kier alpha value is -1.09. The highest BCUT2D eigenvalue weighted by molar-refractivity contribution is 7.92. The summed E-state index contributed by atoms with van der Waals surface area (Å²) in [5.41, 5.74) is 0. The van der Waals surface area contributed by atoms with E-state index in [4.69, 9.17) is 4.74 Å². The van der Waals surface area contributed by atoms with Crippen LogP contribution in [-0.4, -0.2) is 32.0 Å². The SMILES string of the molecule is CCOC(=O)[C@@H]1C[C@H](C)[C@@](C#N)(S(C)(=O)=O)C1. The summed E-state index contributed by atoms with van der Waals surface area (Å²) in [5, 5.41) is 9.17. The van der Waals surface area contributed by atoms with Gasteiger partial charge in [0, 0.05) is 6.26 Å². The van der Waals surface area contributed by atoms with Gasteiger partial charge in [0.1, 0.15) is 0 Å². The molecule has 1 aliphatic rings. The molecule has 17 heavy (non-hydrogen) atoms. The van der Waals surface area contributed by atoms with Crippen molar-refractivity contribution < 1.29 is 17.9 Å². The van der Waals surface area contributed by atoms with E-state index >= 15 is 0 Å². The van der Waals surface area contributed by atoms with Crippen LogP contribution in [0.5, 0.6) is 0 Å². The zero-order valence-electron chi connectivity index (χ0n) is 10.3. The van der Waals surface area contributed by atoms with Crippen LogP contribution in [-0.2, 0) is 19.4 Å². The summed E-state index contributed by atoms with van der Waals surface area (Å²) < 4.78 is 26.9. The maximum Gasteiger partial charge on any atom is 0.309 e. The van der Waals surface area contributed by atoms with Gasteiger partial charge in [0.25, 0.3) is 0 Å². The van der Waals surface area contributed by atoms with Crippen molar-refractivity contribution in [3.05, 3.63) is 0 Å². The Labute approximate surface area is 102 Å². The first kappa shape index (κ1) is 14.0. The van der Waals surface area contributed by atoms with E-state index in [0.29, 0.717) is 6.42 Å². The summed E-state index contributed by atoms with van der Waals surface area (Å²) in [6.07, 6.45) is 1.49. The van der Waals surface area contributed by atoms with E-state index in [0.717, 1.165) is 6.26 Å². The molecule has 0 aromatic heterocycles. The predicted molar refractivity (Wildman–Crippen MR) is 61.7 cm³/mol. The lowest BCUT2D eigenvalue weighted by Crippen LogP contribution is -2.39. The quantitative estimate of drug-likeness (QED) is 0.703. The van der Waals surface area contributed by atoms with Crippen molar-refractivity contribution in [1.29, 1.82) is 5.26 Å². The molecule has 0 N–H and O–H groups in total. The number of nitrogens with zero attached hydrogens (tertiary/aromatic N) is 1. The summed E-state index contributed by atoms with van der Waals surface area (Å²) in [6, 6.07) is 1.90. The molecule has 0 aliphatic heterocycles. The lowest BCUT2D eigenvalue weighted by atomic mass is 9.99. The second-order valence-electron chi connectivity index (χ2n) is 4.56. The van der Waals surface area contributed by atoms with Crippen LogP contribution in [0.3, 0.4) is 0 Å². The first-order valence-corrected chi connectivity index (χ1v) is 7.45. The van der Waals surface area contributed by atoms with Gasteiger partial charge in [-0.2, -0.15) is 5.26 Å². The Balaban J connectivity index is 3.01. The van der Waals surface area contributed by atoms with Gasteiger partial charge in [-0.15, -0.1) is 0 Å². The van der Waals surface area contributed by atoms with Gasteiger partial charge in [-0.3, -0.25) is 4.79 Å². The van der Waals surface area contributed by atoms with Crippen LogP contribution in [0, 0.1) is 23.2 Å². The Bertz CT molecular complexity index is 451. The van der Waals surface area contributed by atoms with Gasteiger partial charge in [-0.1, -0.05) is 6.92 Å². The monoisotopic (exact) mass is 259 g/mol. The number of rotatable bonds is 3. The van der Waals surface area contributed by atoms with Crippen LogP contribution in [0.25, 0.3) is 0 Å². The molecular weight excluding hydrogens is 242 g/mol. The molecule has 96 valence electrons. The number of ether oxygens (including phenoxy) is 1. The van der Waals surface area contributed by atoms with Crippen LogP contribution >= 0.6 is 0 Å². The molecule has 1 rings (SSSR count). The van der Waals surface area contributed by atoms with Crippen molar-refractivity contribution in [2.24, 2.45) is 11.8 Å². The van der Waals surface area contributed by atoms with Crippen molar-refractivity contribution in [2.45, 2.75) is 31.4 Å². The molecule has 6 heteroatoms. The molecule has 0 radical (unpaired) electrons. The standard InChI is InChI=1S/C11H17NO4S/c1-4-16-10(13)9-5-8(2)11(6-9,7-12)17(3,14)15/h8-9H,4-6H2,1-3H3/t8-,9+,11+/m0/s1. The minimum Gasteiger partial charge on any atom is -0.466 e. The summed E-state index contributed by atoms with van der Waals surface area (Å²) in [4.78, 5) is 11.6. The van der Waals surface area contributed by atoms with Gasteiger partial charge in [-0.25, -0.2) is 8.42 Å². The normalized spacial score (nSPS) is 33.1. The van der Waals surface area contributed by atoms with Gasteiger partial charge in [0.15, 0.2) is 14.6 Å². The Morgan fingerprint density at radius 3 is 2.53 bits per heavy atom. The van der Waals surface area contributed by atoms with E-state index in [1.165, 1.54) is 0 Å². The van der Waals surface area contributed by atoms with Gasteiger partial charge < -0.3 is 4.74 Å². The highest BCUT2D eigenvalue weighted by Crippen LogP contribution is 2.44. The molecule has 0 aromatic carbocycles. The Morgan fingerprint density at radius 2 is 2.18 bits per heavy atom. The molecule has 1 fully saturated rings. The number of sulfone groups is 1. The predicted octanol–water partition coefficient (Wildman–Crippen LogP) is 0.903. The smallest absolute Gasteiger partial charge is 0.309 e. The summed E-state index contributed by atoms with van der Waals surface area (Å²) in [6.45, 7) is 3.66. The molecule has 0 spiro atoms. The average molecular weight is 259 g/mol. The maximum atomic E-state index is 11.7. The number of carbonyl (C=O) groups is 1. The van der Waals surface area contributed by atoms with Gasteiger partial charge in [0.05, 0.1) is 18.6 Å². The average Bonchev–Trinajstić information content (AvgIpc) is 2.56. The molecule has 0 unspecified atom stereocenters. The second-order valence-corrected chi connectivity index (χ2v) is 6.84. The number of carbonyl (C=O) groups excluding carboxylic acids is 1. The summed E-state index contributed by atoms with van der Waals surface area (Å²) in [7, 11) is -3.51. The third-order valence-corrected chi connectivity index (χ3v) is 5.44. The Kier molecular flexibility index (Phi) is 3.82. The third kappa shape index (κ3) is 2.29. The summed E-state index contributed by atoms with van der Waals surface area (Å²) >= 11 is 0. The molecular formula is C11H17NO4S. The van der Waals surface area contributed by atoms with E-state index < -0.39 is 26.5 Å². The first-order chi connectivity index (χ1) is 7.78.